The van der Waals surface area contributed by atoms with E-state index in [9.17, 15) is 14.4 Å². The molecule has 0 atom stereocenters. The van der Waals surface area contributed by atoms with Crippen molar-refractivity contribution in [1.29, 1.82) is 0 Å². The van der Waals surface area contributed by atoms with Gasteiger partial charge in [0.15, 0.2) is 6.04 Å². The third-order valence-electron chi connectivity index (χ3n) is 3.23. The van der Waals surface area contributed by atoms with Gasteiger partial charge in [0.2, 0.25) is 11.8 Å². The lowest BCUT2D eigenvalue weighted by molar-refractivity contribution is -0.128. The molecule has 2 rings (SSSR count). The first-order valence-electron chi connectivity index (χ1n) is 7.02. The number of carbonyl (C=O) groups is 3. The molecule has 0 aliphatic carbocycles. The van der Waals surface area contributed by atoms with Crippen molar-refractivity contribution in [2.75, 3.05) is 6.54 Å². The number of primary amides is 2. The highest BCUT2D eigenvalue weighted by Gasteiger charge is 2.23. The Morgan fingerprint density at radius 2 is 1.87 bits per heavy atom. The molecule has 0 aliphatic heterocycles. The van der Waals surface area contributed by atoms with E-state index < -0.39 is 23.9 Å². The van der Waals surface area contributed by atoms with Crippen molar-refractivity contribution in [1.82, 2.24) is 20.2 Å². The number of carbonyl (C=O) groups excluding carboxylic acids is 3. The predicted octanol–water partition coefficient (Wildman–Crippen LogP) is -0.935. The van der Waals surface area contributed by atoms with E-state index in [-0.39, 0.29) is 0 Å². The highest BCUT2D eigenvalue weighted by molar-refractivity contribution is 6.05. The molecular weight excluding hydrogens is 300 g/mol. The van der Waals surface area contributed by atoms with Crippen molar-refractivity contribution in [2.45, 2.75) is 19.0 Å². The lowest BCUT2D eigenvalue weighted by atomic mass is 10.3. The normalized spacial score (nSPS) is 10.7. The Morgan fingerprint density at radius 3 is 2.57 bits per heavy atom. The molecule has 9 heteroatoms. The van der Waals surface area contributed by atoms with Crippen molar-refractivity contribution >= 4 is 28.9 Å². The van der Waals surface area contributed by atoms with Crippen LogP contribution in [0.15, 0.2) is 30.6 Å². The number of nitrogens with two attached hydrogens (primary N) is 2. The molecule has 4 amide bonds. The van der Waals surface area contributed by atoms with Crippen molar-refractivity contribution in [3.8, 4) is 0 Å². The monoisotopic (exact) mass is 318 g/mol. The molecule has 0 radical (unpaired) electrons. The van der Waals surface area contributed by atoms with Crippen LogP contribution in [0.5, 0.6) is 0 Å². The zero-order valence-corrected chi connectivity index (χ0v) is 12.4. The molecule has 0 saturated carbocycles. The van der Waals surface area contributed by atoms with Gasteiger partial charge in [0, 0.05) is 13.1 Å². The van der Waals surface area contributed by atoms with Gasteiger partial charge < -0.3 is 26.7 Å². The number of nitrogens with one attached hydrogen (secondary N) is 2. The van der Waals surface area contributed by atoms with Gasteiger partial charge in [-0.15, -0.1) is 0 Å². The van der Waals surface area contributed by atoms with Gasteiger partial charge in [-0.2, -0.15) is 0 Å². The van der Waals surface area contributed by atoms with Gasteiger partial charge in [-0.05, 0) is 18.6 Å². The number of rotatable bonds is 7. The zero-order valence-electron chi connectivity index (χ0n) is 12.4. The topological polar surface area (TPSA) is 145 Å². The Morgan fingerprint density at radius 1 is 1.17 bits per heavy atom. The van der Waals surface area contributed by atoms with Crippen molar-refractivity contribution in [2.24, 2.45) is 11.5 Å². The Bertz CT molecular complexity index is 712. The van der Waals surface area contributed by atoms with Gasteiger partial charge in [0.05, 0.1) is 17.4 Å². The van der Waals surface area contributed by atoms with Gasteiger partial charge >= 0.3 is 6.03 Å². The van der Waals surface area contributed by atoms with Crippen LogP contribution in [0.4, 0.5) is 4.79 Å². The summed E-state index contributed by atoms with van der Waals surface area (Å²) in [7, 11) is 0. The lowest BCUT2D eigenvalue weighted by Crippen LogP contribution is -2.55. The van der Waals surface area contributed by atoms with Crippen LogP contribution in [0.3, 0.4) is 0 Å². The van der Waals surface area contributed by atoms with Gasteiger partial charge in [-0.1, -0.05) is 12.1 Å². The molecule has 0 unspecified atom stereocenters. The first kappa shape index (κ1) is 16.3. The average molecular weight is 318 g/mol. The highest BCUT2D eigenvalue weighted by Crippen LogP contribution is 2.11. The van der Waals surface area contributed by atoms with Gasteiger partial charge in [0.25, 0.3) is 0 Å². The number of imidazole rings is 1. The zero-order chi connectivity index (χ0) is 16.8. The van der Waals surface area contributed by atoms with E-state index >= 15 is 0 Å². The van der Waals surface area contributed by atoms with Crippen LogP contribution in [-0.2, 0) is 16.1 Å². The highest BCUT2D eigenvalue weighted by atomic mass is 16.2. The first-order chi connectivity index (χ1) is 11.0. The second-order valence-electron chi connectivity index (χ2n) is 4.92. The summed E-state index contributed by atoms with van der Waals surface area (Å²) < 4.78 is 1.98. The number of urea groups is 1. The summed E-state index contributed by atoms with van der Waals surface area (Å²) in [6, 6.07) is 5.54. The molecule has 0 saturated heterocycles. The van der Waals surface area contributed by atoms with E-state index in [1.165, 1.54) is 0 Å². The molecule has 122 valence electrons. The van der Waals surface area contributed by atoms with Gasteiger partial charge in [-0.3, -0.25) is 9.59 Å². The van der Waals surface area contributed by atoms with E-state index in [4.69, 9.17) is 11.5 Å². The third-order valence-corrected chi connectivity index (χ3v) is 3.23. The molecule has 0 bridgehead atoms. The van der Waals surface area contributed by atoms with Crippen LogP contribution in [0.2, 0.25) is 0 Å². The van der Waals surface area contributed by atoms with E-state index in [2.05, 4.69) is 15.6 Å². The summed E-state index contributed by atoms with van der Waals surface area (Å²) in [5.41, 5.74) is 11.9. The molecule has 1 heterocycles. The minimum atomic E-state index is -1.52. The molecular formula is C14H18N6O3. The fourth-order valence-corrected chi connectivity index (χ4v) is 2.10. The predicted molar refractivity (Wildman–Crippen MR) is 83.1 cm³/mol. The number of amides is 4. The van der Waals surface area contributed by atoms with E-state index in [1.54, 1.807) is 6.33 Å². The minimum Gasteiger partial charge on any atom is -0.367 e. The van der Waals surface area contributed by atoms with Gasteiger partial charge in [0.1, 0.15) is 0 Å². The molecule has 2 aromatic rings. The second-order valence-corrected chi connectivity index (χ2v) is 4.92. The van der Waals surface area contributed by atoms with Crippen LogP contribution in [0.25, 0.3) is 11.0 Å². The number of hydrogen-bond donors (Lipinski definition) is 4. The summed E-state index contributed by atoms with van der Waals surface area (Å²) in [4.78, 5) is 37.8. The lowest BCUT2D eigenvalue weighted by Gasteiger charge is -2.12. The van der Waals surface area contributed by atoms with Crippen LogP contribution in [-0.4, -0.2) is 40.0 Å². The summed E-state index contributed by atoms with van der Waals surface area (Å²) in [5.74, 6) is -2.00. The Hall–Kier alpha value is -3.10. The Balaban J connectivity index is 1.78. The number of fused-ring (bicyclic) bond motifs is 1. The van der Waals surface area contributed by atoms with Crippen LogP contribution in [0.1, 0.15) is 6.42 Å². The number of aromatic nitrogens is 2. The molecule has 9 nitrogen and oxygen atoms in total. The molecule has 23 heavy (non-hydrogen) atoms. The fraction of sp³-hybridized carbons (Fsp3) is 0.286. The average Bonchev–Trinajstić information content (AvgIpc) is 2.92. The molecule has 0 spiro atoms. The molecule has 0 aliphatic rings. The maximum atomic E-state index is 11.6. The van der Waals surface area contributed by atoms with Crippen molar-refractivity contribution in [3.05, 3.63) is 30.6 Å². The van der Waals surface area contributed by atoms with Gasteiger partial charge in [-0.25, -0.2) is 9.78 Å². The minimum absolute atomic E-state index is 0.350. The first-order valence-corrected chi connectivity index (χ1v) is 7.02. The van der Waals surface area contributed by atoms with Crippen molar-refractivity contribution < 1.29 is 14.4 Å². The number of nitrogens with zero attached hydrogens (tertiary/aromatic N) is 2. The smallest absolute Gasteiger partial charge is 0.315 e. The summed E-state index contributed by atoms with van der Waals surface area (Å²) in [5, 5.41) is 4.65. The second kappa shape index (κ2) is 7.25. The van der Waals surface area contributed by atoms with E-state index in [1.807, 2.05) is 28.8 Å². The van der Waals surface area contributed by atoms with Crippen LogP contribution in [0, 0.1) is 0 Å². The molecule has 1 aromatic heterocycles. The summed E-state index contributed by atoms with van der Waals surface area (Å²) >= 11 is 0. The van der Waals surface area contributed by atoms with Crippen LogP contribution >= 0.6 is 0 Å². The Labute approximate surface area is 132 Å². The molecule has 1 aromatic carbocycles. The quantitative estimate of drug-likeness (QED) is 0.386. The maximum Gasteiger partial charge on any atom is 0.315 e. The van der Waals surface area contributed by atoms with E-state index in [0.29, 0.717) is 19.5 Å². The summed E-state index contributed by atoms with van der Waals surface area (Å²) in [6.07, 6.45) is 2.38. The van der Waals surface area contributed by atoms with E-state index in [0.717, 1.165) is 11.0 Å². The molecule has 0 fully saturated rings. The fourth-order valence-electron chi connectivity index (χ4n) is 2.10. The summed E-state index contributed by atoms with van der Waals surface area (Å²) in [6.45, 7) is 1.01. The SMILES string of the molecule is NC(=O)C(NC(=O)NCCCn1cnc2ccccc21)C(N)=O. The number of benzene rings is 1. The largest absolute Gasteiger partial charge is 0.367 e. The number of para-hydroxylation sites is 2. The van der Waals surface area contributed by atoms with Crippen LogP contribution < -0.4 is 22.1 Å². The standard InChI is InChI=1S/C14H18N6O3/c15-12(21)11(13(16)22)19-14(23)17-6-3-7-20-8-18-9-4-1-2-5-10(9)20/h1-2,4-5,8,11H,3,6-7H2,(H2,15,21)(H2,16,22)(H2,17,19,23). The van der Waals surface area contributed by atoms with Crippen molar-refractivity contribution in [3.63, 3.8) is 0 Å². The number of hydrogen-bond acceptors (Lipinski definition) is 4. The Kier molecular flexibility index (Phi) is 5.13. The molecule has 6 N–H and O–H groups in total. The number of aryl methyl sites for hydroxylation is 1. The maximum absolute atomic E-state index is 11.6. The third kappa shape index (κ3) is 4.19.